The Labute approximate surface area is 110 Å². The van der Waals surface area contributed by atoms with E-state index in [2.05, 4.69) is 11.0 Å². The molecular weight excluding hydrogens is 226 g/mol. The lowest BCUT2D eigenvalue weighted by Crippen LogP contribution is -2.42. The van der Waals surface area contributed by atoms with E-state index >= 15 is 0 Å². The van der Waals surface area contributed by atoms with Crippen LogP contribution < -0.4 is 0 Å². The average molecular weight is 251 g/mol. The van der Waals surface area contributed by atoms with E-state index in [1.807, 2.05) is 6.92 Å². The molecule has 0 radical (unpaired) electrons. The molecule has 1 saturated heterocycles. The lowest BCUT2D eigenvalue weighted by Gasteiger charge is -2.37. The summed E-state index contributed by atoms with van der Waals surface area (Å²) in [5, 5.41) is 0. The van der Waals surface area contributed by atoms with Gasteiger partial charge in [0.25, 0.3) is 0 Å². The van der Waals surface area contributed by atoms with E-state index in [0.29, 0.717) is 0 Å². The van der Waals surface area contributed by atoms with E-state index in [9.17, 15) is 4.79 Å². The molecule has 3 heteroatoms. The van der Waals surface area contributed by atoms with E-state index in [1.54, 1.807) is 0 Å². The van der Waals surface area contributed by atoms with E-state index in [1.165, 1.54) is 45.8 Å². The van der Waals surface area contributed by atoms with Crippen LogP contribution in [0.5, 0.6) is 0 Å². The van der Waals surface area contributed by atoms with Crippen LogP contribution in [-0.4, -0.2) is 37.1 Å². The molecule has 18 heavy (non-hydrogen) atoms. The molecule has 2 aliphatic rings. The van der Waals surface area contributed by atoms with Crippen LogP contribution in [0.4, 0.5) is 0 Å². The topological polar surface area (TPSA) is 29.5 Å². The fourth-order valence-corrected chi connectivity index (χ4v) is 3.51. The van der Waals surface area contributed by atoms with Crippen molar-refractivity contribution < 1.29 is 9.53 Å². The molecule has 2 fully saturated rings. The van der Waals surface area contributed by atoms with Crippen LogP contribution in [0.1, 0.15) is 45.4 Å². The van der Waals surface area contributed by atoms with Crippen molar-refractivity contribution in [2.45, 2.75) is 51.5 Å². The fraction of sp³-hybridized carbons (Fsp3) is 0.800. The maximum Gasteiger partial charge on any atom is 0.333 e. The Kier molecular flexibility index (Phi) is 4.81. The average Bonchev–Trinajstić information content (AvgIpc) is 2.88. The normalized spacial score (nSPS) is 29.1. The highest BCUT2D eigenvalue weighted by atomic mass is 16.5. The molecule has 0 aromatic rings. The zero-order chi connectivity index (χ0) is 13.0. The van der Waals surface area contributed by atoms with Crippen molar-refractivity contribution in [3.8, 4) is 0 Å². The van der Waals surface area contributed by atoms with Crippen LogP contribution in [0.25, 0.3) is 0 Å². The van der Waals surface area contributed by atoms with E-state index in [0.717, 1.165) is 30.5 Å². The maximum atomic E-state index is 11.5. The Hall–Kier alpha value is -0.830. The molecule has 0 amide bonds. The van der Waals surface area contributed by atoms with Gasteiger partial charge in [-0.15, -0.1) is 0 Å². The van der Waals surface area contributed by atoms with Crippen molar-refractivity contribution in [2.75, 3.05) is 20.2 Å². The van der Waals surface area contributed by atoms with Crippen molar-refractivity contribution in [1.82, 2.24) is 4.90 Å². The third-order valence-corrected chi connectivity index (χ3v) is 4.51. The van der Waals surface area contributed by atoms with Gasteiger partial charge in [0.1, 0.15) is 0 Å². The number of methoxy groups -OCH3 is 1. The number of hydrogen-bond donors (Lipinski definition) is 0. The molecule has 0 N–H and O–H groups in total. The van der Waals surface area contributed by atoms with Gasteiger partial charge < -0.3 is 4.74 Å². The molecule has 0 spiro atoms. The lowest BCUT2D eigenvalue weighted by atomic mass is 9.92. The minimum atomic E-state index is -0.169. The molecule has 1 aliphatic carbocycles. The van der Waals surface area contributed by atoms with Crippen molar-refractivity contribution in [1.29, 1.82) is 0 Å². The standard InChI is InChI=1S/C15H25NO2/c1-3-12(15(17)18-2)9-11-16-10-5-7-13-6-4-8-14(13)16/h9,13-14H,3-8,10-11H2,1-2H3. The summed E-state index contributed by atoms with van der Waals surface area (Å²) < 4.78 is 4.80. The van der Waals surface area contributed by atoms with Gasteiger partial charge in [-0.1, -0.05) is 19.4 Å². The second-order valence-corrected chi connectivity index (χ2v) is 5.47. The Bertz CT molecular complexity index is 324. The Morgan fingerprint density at radius 3 is 2.83 bits per heavy atom. The summed E-state index contributed by atoms with van der Waals surface area (Å²) >= 11 is 0. The van der Waals surface area contributed by atoms with Crippen molar-refractivity contribution >= 4 is 5.97 Å². The molecule has 102 valence electrons. The first kappa shape index (κ1) is 13.6. The van der Waals surface area contributed by atoms with Gasteiger partial charge in [-0.3, -0.25) is 4.90 Å². The Morgan fingerprint density at radius 2 is 2.11 bits per heavy atom. The highest BCUT2D eigenvalue weighted by Gasteiger charge is 2.34. The van der Waals surface area contributed by atoms with E-state index in [-0.39, 0.29) is 5.97 Å². The fourth-order valence-electron chi connectivity index (χ4n) is 3.51. The first-order valence-corrected chi connectivity index (χ1v) is 7.27. The number of carbonyl (C=O) groups excluding carboxylic acids is 1. The van der Waals surface area contributed by atoms with Crippen LogP contribution in [0.15, 0.2) is 11.6 Å². The molecule has 2 atom stereocenters. The summed E-state index contributed by atoms with van der Waals surface area (Å²) in [6.07, 6.45) is 9.69. The Morgan fingerprint density at radius 1 is 1.33 bits per heavy atom. The number of carbonyl (C=O) groups is 1. The zero-order valence-corrected chi connectivity index (χ0v) is 11.7. The summed E-state index contributed by atoms with van der Waals surface area (Å²) in [6, 6.07) is 0.769. The number of rotatable bonds is 4. The van der Waals surface area contributed by atoms with Gasteiger partial charge in [-0.25, -0.2) is 4.79 Å². The molecule has 0 aromatic heterocycles. The van der Waals surface area contributed by atoms with Gasteiger partial charge in [0.2, 0.25) is 0 Å². The number of hydrogen-bond acceptors (Lipinski definition) is 3. The number of likely N-dealkylation sites (tertiary alicyclic amines) is 1. The van der Waals surface area contributed by atoms with Crippen LogP contribution >= 0.6 is 0 Å². The summed E-state index contributed by atoms with van der Waals surface area (Å²) in [5.74, 6) is 0.743. The van der Waals surface area contributed by atoms with Crippen LogP contribution in [0.3, 0.4) is 0 Å². The van der Waals surface area contributed by atoms with Crippen LogP contribution in [0.2, 0.25) is 0 Å². The van der Waals surface area contributed by atoms with Crippen LogP contribution in [-0.2, 0) is 9.53 Å². The summed E-state index contributed by atoms with van der Waals surface area (Å²) in [7, 11) is 1.46. The number of esters is 1. The predicted molar refractivity (Wildman–Crippen MR) is 72.3 cm³/mol. The van der Waals surface area contributed by atoms with Crippen molar-refractivity contribution in [3.05, 3.63) is 11.6 Å². The number of nitrogens with zero attached hydrogens (tertiary/aromatic N) is 1. The van der Waals surface area contributed by atoms with Gasteiger partial charge in [0.05, 0.1) is 7.11 Å². The van der Waals surface area contributed by atoms with Crippen molar-refractivity contribution in [3.63, 3.8) is 0 Å². The second-order valence-electron chi connectivity index (χ2n) is 5.47. The molecule has 2 rings (SSSR count). The highest BCUT2D eigenvalue weighted by molar-refractivity contribution is 5.88. The maximum absolute atomic E-state index is 11.5. The first-order chi connectivity index (χ1) is 8.76. The minimum Gasteiger partial charge on any atom is -0.466 e. The van der Waals surface area contributed by atoms with Crippen LogP contribution in [0, 0.1) is 5.92 Å². The molecule has 1 saturated carbocycles. The molecule has 3 nitrogen and oxygen atoms in total. The van der Waals surface area contributed by atoms with E-state index in [4.69, 9.17) is 4.74 Å². The third kappa shape index (κ3) is 2.94. The summed E-state index contributed by atoms with van der Waals surface area (Å²) in [4.78, 5) is 14.1. The number of fused-ring (bicyclic) bond motifs is 1. The quantitative estimate of drug-likeness (QED) is 0.568. The third-order valence-electron chi connectivity index (χ3n) is 4.51. The molecular formula is C15H25NO2. The number of ether oxygens (including phenoxy) is 1. The zero-order valence-electron chi connectivity index (χ0n) is 11.7. The molecule has 1 heterocycles. The SMILES string of the molecule is CCC(=CCN1CCCC2CCCC21)C(=O)OC. The Balaban J connectivity index is 1.95. The monoisotopic (exact) mass is 251 g/mol. The highest BCUT2D eigenvalue weighted by Crippen LogP contribution is 2.36. The molecule has 2 unspecified atom stereocenters. The predicted octanol–water partition coefficient (Wildman–Crippen LogP) is 2.76. The van der Waals surface area contributed by atoms with Gasteiger partial charge in [0.15, 0.2) is 0 Å². The van der Waals surface area contributed by atoms with Gasteiger partial charge in [0, 0.05) is 18.2 Å². The van der Waals surface area contributed by atoms with Gasteiger partial charge >= 0.3 is 5.97 Å². The largest absolute Gasteiger partial charge is 0.466 e. The van der Waals surface area contributed by atoms with E-state index < -0.39 is 0 Å². The summed E-state index contributed by atoms with van der Waals surface area (Å²) in [5.41, 5.74) is 0.817. The van der Waals surface area contributed by atoms with Gasteiger partial charge in [-0.2, -0.15) is 0 Å². The number of piperidine rings is 1. The lowest BCUT2D eigenvalue weighted by molar-refractivity contribution is -0.136. The molecule has 0 aromatic carbocycles. The molecule has 0 bridgehead atoms. The summed E-state index contributed by atoms with van der Waals surface area (Å²) in [6.45, 7) is 4.12. The first-order valence-electron chi connectivity index (χ1n) is 7.27. The van der Waals surface area contributed by atoms with Gasteiger partial charge in [-0.05, 0) is 44.6 Å². The molecule has 1 aliphatic heterocycles. The minimum absolute atomic E-state index is 0.169. The smallest absolute Gasteiger partial charge is 0.333 e. The van der Waals surface area contributed by atoms with Crippen molar-refractivity contribution in [2.24, 2.45) is 5.92 Å². The second kappa shape index (κ2) is 6.37.